The second-order valence-electron chi connectivity index (χ2n) is 3.41. The molecule has 1 aromatic heterocycles. The molecule has 0 atom stereocenters. The van der Waals surface area contributed by atoms with E-state index in [9.17, 15) is 10.1 Å². The standard InChI is InChI=1S/C11H9BrN2O3/c12-10-5-9(1-2-11(10)14(15)16)13-6-8-3-4-17-7-8/h1-5,7,13H,6H2. The molecule has 1 heterocycles. The lowest BCUT2D eigenvalue weighted by Gasteiger charge is -2.05. The van der Waals surface area contributed by atoms with Gasteiger partial charge in [0.25, 0.3) is 5.69 Å². The van der Waals surface area contributed by atoms with Crippen LogP contribution in [-0.4, -0.2) is 4.92 Å². The van der Waals surface area contributed by atoms with Crippen LogP contribution in [0.5, 0.6) is 0 Å². The number of nitro benzene ring substituents is 1. The molecule has 0 radical (unpaired) electrons. The van der Waals surface area contributed by atoms with Crippen molar-refractivity contribution in [2.75, 3.05) is 5.32 Å². The third-order valence-electron chi connectivity index (χ3n) is 2.22. The van der Waals surface area contributed by atoms with E-state index >= 15 is 0 Å². The van der Waals surface area contributed by atoms with E-state index in [1.807, 2.05) is 6.07 Å². The van der Waals surface area contributed by atoms with Gasteiger partial charge in [-0.25, -0.2) is 0 Å². The summed E-state index contributed by atoms with van der Waals surface area (Å²) < 4.78 is 5.40. The van der Waals surface area contributed by atoms with E-state index in [1.54, 1.807) is 24.7 Å². The molecule has 0 aliphatic carbocycles. The summed E-state index contributed by atoms with van der Waals surface area (Å²) in [5, 5.41) is 13.8. The second kappa shape index (κ2) is 5.01. The lowest BCUT2D eigenvalue weighted by molar-refractivity contribution is -0.385. The molecule has 0 aliphatic heterocycles. The zero-order valence-corrected chi connectivity index (χ0v) is 10.3. The molecule has 0 fully saturated rings. The van der Waals surface area contributed by atoms with Gasteiger partial charge >= 0.3 is 0 Å². The minimum Gasteiger partial charge on any atom is -0.472 e. The quantitative estimate of drug-likeness (QED) is 0.692. The van der Waals surface area contributed by atoms with Gasteiger partial charge in [0.15, 0.2) is 0 Å². The molecule has 2 aromatic rings. The van der Waals surface area contributed by atoms with Gasteiger partial charge in [-0.1, -0.05) is 0 Å². The average Bonchev–Trinajstić information content (AvgIpc) is 2.78. The number of benzene rings is 1. The van der Waals surface area contributed by atoms with Crippen molar-refractivity contribution in [2.45, 2.75) is 6.54 Å². The lowest BCUT2D eigenvalue weighted by atomic mass is 10.2. The van der Waals surface area contributed by atoms with E-state index < -0.39 is 4.92 Å². The highest BCUT2D eigenvalue weighted by Crippen LogP contribution is 2.27. The van der Waals surface area contributed by atoms with E-state index in [4.69, 9.17) is 4.42 Å². The van der Waals surface area contributed by atoms with Gasteiger partial charge in [0.2, 0.25) is 0 Å². The molecule has 17 heavy (non-hydrogen) atoms. The highest BCUT2D eigenvalue weighted by molar-refractivity contribution is 9.10. The summed E-state index contributed by atoms with van der Waals surface area (Å²) >= 11 is 3.17. The van der Waals surface area contributed by atoms with Crippen LogP contribution in [0.15, 0.2) is 45.7 Å². The summed E-state index contributed by atoms with van der Waals surface area (Å²) in [5.74, 6) is 0. The van der Waals surface area contributed by atoms with E-state index in [0.717, 1.165) is 11.3 Å². The van der Waals surface area contributed by atoms with Crippen LogP contribution < -0.4 is 5.32 Å². The Morgan fingerprint density at radius 3 is 2.82 bits per heavy atom. The van der Waals surface area contributed by atoms with E-state index in [1.165, 1.54) is 6.07 Å². The van der Waals surface area contributed by atoms with Gasteiger partial charge in [-0.3, -0.25) is 10.1 Å². The van der Waals surface area contributed by atoms with Gasteiger partial charge in [-0.2, -0.15) is 0 Å². The Morgan fingerprint density at radius 2 is 2.24 bits per heavy atom. The molecule has 5 nitrogen and oxygen atoms in total. The van der Waals surface area contributed by atoms with Gasteiger partial charge in [-0.15, -0.1) is 0 Å². The predicted molar refractivity (Wildman–Crippen MR) is 66.8 cm³/mol. The molecule has 0 amide bonds. The van der Waals surface area contributed by atoms with Crippen molar-refractivity contribution in [3.8, 4) is 0 Å². The molecule has 88 valence electrons. The van der Waals surface area contributed by atoms with Crippen molar-refractivity contribution in [1.82, 2.24) is 0 Å². The van der Waals surface area contributed by atoms with Crippen LogP contribution in [-0.2, 0) is 6.54 Å². The summed E-state index contributed by atoms with van der Waals surface area (Å²) in [4.78, 5) is 10.2. The SMILES string of the molecule is O=[N+]([O-])c1ccc(NCc2ccoc2)cc1Br. The summed E-state index contributed by atoms with van der Waals surface area (Å²) in [6.07, 6.45) is 3.25. The van der Waals surface area contributed by atoms with E-state index in [-0.39, 0.29) is 5.69 Å². The number of nitrogens with one attached hydrogen (secondary N) is 1. The fraction of sp³-hybridized carbons (Fsp3) is 0.0909. The van der Waals surface area contributed by atoms with Crippen LogP contribution in [0.25, 0.3) is 0 Å². The van der Waals surface area contributed by atoms with Crippen molar-refractivity contribution in [3.63, 3.8) is 0 Å². The second-order valence-corrected chi connectivity index (χ2v) is 4.26. The molecule has 1 aromatic carbocycles. The molecule has 0 bridgehead atoms. The van der Waals surface area contributed by atoms with Crippen LogP contribution >= 0.6 is 15.9 Å². The number of furan rings is 1. The molecule has 0 saturated carbocycles. The predicted octanol–water partition coefficient (Wildman–Crippen LogP) is 3.56. The van der Waals surface area contributed by atoms with Gasteiger partial charge in [-0.05, 0) is 34.1 Å². The van der Waals surface area contributed by atoms with Crippen LogP contribution in [0.3, 0.4) is 0 Å². The maximum Gasteiger partial charge on any atom is 0.283 e. The van der Waals surface area contributed by atoms with Crippen LogP contribution in [0, 0.1) is 10.1 Å². The van der Waals surface area contributed by atoms with Crippen molar-refractivity contribution >= 4 is 27.3 Å². The molecule has 6 heteroatoms. The minimum atomic E-state index is -0.427. The Labute approximate surface area is 106 Å². The van der Waals surface area contributed by atoms with Crippen LogP contribution in [0.4, 0.5) is 11.4 Å². The normalized spacial score (nSPS) is 10.2. The average molecular weight is 297 g/mol. The molecule has 0 unspecified atom stereocenters. The Hall–Kier alpha value is -1.82. The summed E-state index contributed by atoms with van der Waals surface area (Å²) in [6.45, 7) is 0.612. The maximum absolute atomic E-state index is 10.6. The Balaban J connectivity index is 2.07. The Morgan fingerprint density at radius 1 is 1.41 bits per heavy atom. The van der Waals surface area contributed by atoms with Crippen molar-refractivity contribution in [2.24, 2.45) is 0 Å². The largest absolute Gasteiger partial charge is 0.472 e. The smallest absolute Gasteiger partial charge is 0.283 e. The minimum absolute atomic E-state index is 0.0545. The maximum atomic E-state index is 10.6. The van der Waals surface area contributed by atoms with E-state index in [0.29, 0.717) is 11.0 Å². The fourth-order valence-electron chi connectivity index (χ4n) is 1.36. The number of nitrogens with zero attached hydrogens (tertiary/aromatic N) is 1. The highest BCUT2D eigenvalue weighted by Gasteiger charge is 2.11. The lowest BCUT2D eigenvalue weighted by Crippen LogP contribution is -1.98. The number of halogens is 1. The first kappa shape index (κ1) is 11.7. The topological polar surface area (TPSA) is 68.3 Å². The Kier molecular flexibility index (Phi) is 3.43. The fourth-order valence-corrected chi connectivity index (χ4v) is 1.89. The van der Waals surface area contributed by atoms with Crippen molar-refractivity contribution in [3.05, 3.63) is 56.9 Å². The monoisotopic (exact) mass is 296 g/mol. The highest BCUT2D eigenvalue weighted by atomic mass is 79.9. The number of rotatable bonds is 4. The molecular weight excluding hydrogens is 288 g/mol. The van der Waals surface area contributed by atoms with E-state index in [2.05, 4.69) is 21.2 Å². The summed E-state index contributed by atoms with van der Waals surface area (Å²) in [6, 6.07) is 6.66. The zero-order valence-electron chi connectivity index (χ0n) is 8.72. The number of nitro groups is 1. The van der Waals surface area contributed by atoms with Gasteiger partial charge in [0.05, 0.1) is 21.9 Å². The van der Waals surface area contributed by atoms with Crippen molar-refractivity contribution < 1.29 is 9.34 Å². The number of hydrogen-bond donors (Lipinski definition) is 1. The molecule has 2 rings (SSSR count). The third-order valence-corrected chi connectivity index (χ3v) is 2.86. The molecular formula is C11H9BrN2O3. The zero-order chi connectivity index (χ0) is 12.3. The summed E-state index contributed by atoms with van der Waals surface area (Å²) in [5.41, 5.74) is 1.88. The van der Waals surface area contributed by atoms with Gasteiger partial charge in [0.1, 0.15) is 0 Å². The van der Waals surface area contributed by atoms with Gasteiger partial charge < -0.3 is 9.73 Å². The number of anilines is 1. The molecule has 1 N–H and O–H groups in total. The summed E-state index contributed by atoms with van der Waals surface area (Å²) in [7, 11) is 0. The first-order valence-electron chi connectivity index (χ1n) is 4.85. The molecule has 0 spiro atoms. The number of hydrogen-bond acceptors (Lipinski definition) is 4. The Bertz CT molecular complexity index is 526. The van der Waals surface area contributed by atoms with Crippen molar-refractivity contribution in [1.29, 1.82) is 0 Å². The van der Waals surface area contributed by atoms with Crippen LogP contribution in [0.2, 0.25) is 0 Å². The third kappa shape index (κ3) is 2.85. The first-order chi connectivity index (χ1) is 8.16. The van der Waals surface area contributed by atoms with Crippen LogP contribution in [0.1, 0.15) is 5.56 Å². The van der Waals surface area contributed by atoms with Gasteiger partial charge in [0, 0.05) is 23.9 Å². The molecule has 0 aliphatic rings. The molecule has 0 saturated heterocycles. The first-order valence-corrected chi connectivity index (χ1v) is 5.65.